The molecule has 106 valence electrons. The van der Waals surface area contributed by atoms with Crippen molar-refractivity contribution >= 4 is 11.7 Å². The van der Waals surface area contributed by atoms with Crippen LogP contribution in [0.15, 0.2) is 24.4 Å². The molecule has 5 nitrogen and oxygen atoms in total. The maximum Gasteiger partial charge on any atom is 0.435 e. The minimum atomic E-state index is -4.59. The van der Waals surface area contributed by atoms with Crippen molar-refractivity contribution in [3.63, 3.8) is 0 Å². The first kappa shape index (κ1) is 14.0. The van der Waals surface area contributed by atoms with Crippen molar-refractivity contribution in [2.45, 2.75) is 13.1 Å². The average Bonchev–Trinajstić information content (AvgIpc) is 2.71. The Morgan fingerprint density at radius 2 is 2.05 bits per heavy atom. The third-order valence-corrected chi connectivity index (χ3v) is 2.56. The summed E-state index contributed by atoms with van der Waals surface area (Å²) in [5.41, 5.74) is -0.431. The number of rotatable bonds is 2. The van der Waals surface area contributed by atoms with E-state index in [1.807, 2.05) is 6.92 Å². The van der Waals surface area contributed by atoms with Gasteiger partial charge in [-0.2, -0.15) is 18.3 Å². The Morgan fingerprint density at radius 1 is 1.35 bits per heavy atom. The van der Waals surface area contributed by atoms with Crippen LogP contribution in [0, 0.1) is 6.92 Å². The Balaban J connectivity index is 2.24. The van der Waals surface area contributed by atoms with Crippen molar-refractivity contribution in [3.05, 3.63) is 41.3 Å². The molecule has 2 rings (SSSR count). The number of aryl methyl sites for hydroxylation is 2. The van der Waals surface area contributed by atoms with Gasteiger partial charge in [-0.25, -0.2) is 4.98 Å². The fraction of sp³-hybridized carbons (Fsp3) is 0.250. The van der Waals surface area contributed by atoms with Gasteiger partial charge < -0.3 is 5.32 Å². The highest BCUT2D eigenvalue weighted by atomic mass is 19.4. The van der Waals surface area contributed by atoms with Crippen LogP contribution in [0.1, 0.15) is 21.7 Å². The van der Waals surface area contributed by atoms with Crippen molar-refractivity contribution < 1.29 is 18.0 Å². The second-order valence-electron chi connectivity index (χ2n) is 4.21. The third-order valence-electron chi connectivity index (χ3n) is 2.56. The van der Waals surface area contributed by atoms with E-state index in [-0.39, 0.29) is 11.5 Å². The van der Waals surface area contributed by atoms with E-state index in [2.05, 4.69) is 15.4 Å². The number of hydrogen-bond acceptors (Lipinski definition) is 3. The summed E-state index contributed by atoms with van der Waals surface area (Å²) in [5.74, 6) is -0.432. The van der Waals surface area contributed by atoms with Crippen LogP contribution in [0.5, 0.6) is 0 Å². The summed E-state index contributed by atoms with van der Waals surface area (Å²) in [7, 11) is 1.27. The van der Waals surface area contributed by atoms with Gasteiger partial charge in [-0.05, 0) is 24.6 Å². The standard InChI is InChI=1S/C12H11F3N4O/c1-7-3-4-16-10(5-7)17-11(20)8-6-9(12(13,14)15)18-19(8)2/h3-6H,1-2H3,(H,16,17,20). The minimum Gasteiger partial charge on any atom is -0.305 e. The average molecular weight is 284 g/mol. The van der Waals surface area contributed by atoms with Gasteiger partial charge in [0, 0.05) is 19.3 Å². The normalized spacial score (nSPS) is 11.4. The number of nitrogens with one attached hydrogen (secondary N) is 1. The first-order chi connectivity index (χ1) is 9.27. The van der Waals surface area contributed by atoms with E-state index >= 15 is 0 Å². The van der Waals surface area contributed by atoms with Crippen molar-refractivity contribution in [2.75, 3.05) is 5.32 Å². The molecule has 2 heterocycles. The van der Waals surface area contributed by atoms with Crippen molar-refractivity contribution in [2.24, 2.45) is 7.05 Å². The maximum absolute atomic E-state index is 12.5. The van der Waals surface area contributed by atoms with Gasteiger partial charge in [0.1, 0.15) is 11.5 Å². The van der Waals surface area contributed by atoms with Gasteiger partial charge >= 0.3 is 6.18 Å². The molecule has 0 aliphatic rings. The van der Waals surface area contributed by atoms with Gasteiger partial charge in [0.2, 0.25) is 0 Å². The number of hydrogen-bond donors (Lipinski definition) is 1. The summed E-state index contributed by atoms with van der Waals surface area (Å²) in [6.45, 7) is 1.81. The molecule has 8 heteroatoms. The number of nitrogens with zero attached hydrogens (tertiary/aromatic N) is 3. The van der Waals surface area contributed by atoms with Crippen LogP contribution in [0.25, 0.3) is 0 Å². The molecule has 0 aromatic carbocycles. The Morgan fingerprint density at radius 3 is 2.60 bits per heavy atom. The maximum atomic E-state index is 12.5. The second-order valence-corrected chi connectivity index (χ2v) is 4.21. The molecular formula is C12H11F3N4O. The minimum absolute atomic E-state index is 0.194. The molecule has 0 aliphatic carbocycles. The molecule has 0 bridgehead atoms. The van der Waals surface area contributed by atoms with Crippen LogP contribution >= 0.6 is 0 Å². The van der Waals surface area contributed by atoms with E-state index < -0.39 is 17.8 Å². The predicted molar refractivity (Wildman–Crippen MR) is 65.1 cm³/mol. The summed E-state index contributed by atoms with van der Waals surface area (Å²) in [4.78, 5) is 15.8. The third kappa shape index (κ3) is 2.95. The highest BCUT2D eigenvalue weighted by Gasteiger charge is 2.35. The second kappa shape index (κ2) is 4.95. The number of carbonyl (C=O) groups excluding carboxylic acids is 1. The Labute approximate surface area is 112 Å². The molecule has 0 saturated heterocycles. The summed E-state index contributed by atoms with van der Waals surface area (Å²) in [5, 5.41) is 5.70. The van der Waals surface area contributed by atoms with Crippen LogP contribution < -0.4 is 5.32 Å². The zero-order valence-corrected chi connectivity index (χ0v) is 10.7. The van der Waals surface area contributed by atoms with Gasteiger partial charge in [0.05, 0.1) is 0 Å². The molecule has 0 fully saturated rings. The first-order valence-corrected chi connectivity index (χ1v) is 5.62. The number of pyridine rings is 1. The summed E-state index contributed by atoms with van der Waals surface area (Å²) in [6, 6.07) is 4.05. The number of anilines is 1. The molecule has 0 unspecified atom stereocenters. The lowest BCUT2D eigenvalue weighted by Gasteiger charge is -2.04. The quantitative estimate of drug-likeness (QED) is 0.921. The fourth-order valence-electron chi connectivity index (χ4n) is 1.60. The van der Waals surface area contributed by atoms with Crippen molar-refractivity contribution in [1.82, 2.24) is 14.8 Å². The number of carbonyl (C=O) groups is 1. The molecule has 2 aromatic rings. The predicted octanol–water partition coefficient (Wildman–Crippen LogP) is 2.39. The van der Waals surface area contributed by atoms with E-state index in [1.165, 1.54) is 13.2 Å². The number of amides is 1. The van der Waals surface area contributed by atoms with Crippen LogP contribution in [0.4, 0.5) is 19.0 Å². The molecule has 2 aromatic heterocycles. The molecule has 0 atom stereocenters. The topological polar surface area (TPSA) is 59.8 Å². The highest BCUT2D eigenvalue weighted by molar-refractivity contribution is 6.02. The summed E-state index contributed by atoms with van der Waals surface area (Å²) in [6.07, 6.45) is -3.09. The van der Waals surface area contributed by atoms with E-state index in [0.29, 0.717) is 6.07 Å². The number of aromatic nitrogens is 3. The van der Waals surface area contributed by atoms with Gasteiger partial charge in [0.25, 0.3) is 5.91 Å². The Kier molecular flexibility index (Phi) is 3.47. The van der Waals surface area contributed by atoms with Gasteiger partial charge in [-0.15, -0.1) is 0 Å². The van der Waals surface area contributed by atoms with Gasteiger partial charge in [-0.1, -0.05) is 0 Å². The molecule has 0 aliphatic heterocycles. The molecule has 20 heavy (non-hydrogen) atoms. The van der Waals surface area contributed by atoms with Gasteiger partial charge in [0.15, 0.2) is 5.69 Å². The molecule has 1 amide bonds. The molecule has 0 saturated carbocycles. The van der Waals surface area contributed by atoms with E-state index in [1.54, 1.807) is 12.1 Å². The lowest BCUT2D eigenvalue weighted by atomic mass is 10.3. The Bertz CT molecular complexity index is 648. The zero-order chi connectivity index (χ0) is 14.9. The molecule has 1 N–H and O–H groups in total. The summed E-state index contributed by atoms with van der Waals surface area (Å²) < 4.78 is 38.4. The van der Waals surface area contributed by atoms with E-state index in [0.717, 1.165) is 10.2 Å². The first-order valence-electron chi connectivity index (χ1n) is 5.62. The largest absolute Gasteiger partial charge is 0.435 e. The van der Waals surface area contributed by atoms with Crippen LogP contribution in [0.2, 0.25) is 0 Å². The molecule has 0 radical (unpaired) electrons. The SMILES string of the molecule is Cc1ccnc(NC(=O)c2cc(C(F)(F)F)nn2C)c1. The summed E-state index contributed by atoms with van der Waals surface area (Å²) >= 11 is 0. The van der Waals surface area contributed by atoms with Crippen LogP contribution in [-0.2, 0) is 13.2 Å². The Hall–Kier alpha value is -2.38. The van der Waals surface area contributed by atoms with E-state index in [4.69, 9.17) is 0 Å². The monoisotopic (exact) mass is 284 g/mol. The zero-order valence-electron chi connectivity index (χ0n) is 10.7. The van der Waals surface area contributed by atoms with E-state index in [9.17, 15) is 18.0 Å². The van der Waals surface area contributed by atoms with Crippen LogP contribution in [0.3, 0.4) is 0 Å². The lowest BCUT2D eigenvalue weighted by molar-refractivity contribution is -0.141. The molecule has 0 spiro atoms. The van der Waals surface area contributed by atoms with Gasteiger partial charge in [-0.3, -0.25) is 9.48 Å². The number of alkyl halides is 3. The van der Waals surface area contributed by atoms with Crippen LogP contribution in [-0.4, -0.2) is 20.7 Å². The molecular weight excluding hydrogens is 273 g/mol. The lowest BCUT2D eigenvalue weighted by Crippen LogP contribution is -2.16. The number of halogens is 3. The van der Waals surface area contributed by atoms with Crippen molar-refractivity contribution in [1.29, 1.82) is 0 Å². The smallest absolute Gasteiger partial charge is 0.305 e. The fourth-order valence-corrected chi connectivity index (χ4v) is 1.60. The van der Waals surface area contributed by atoms with Crippen molar-refractivity contribution in [3.8, 4) is 0 Å². The highest BCUT2D eigenvalue weighted by Crippen LogP contribution is 2.28.